The zero-order valence-electron chi connectivity index (χ0n) is 18.6. The Morgan fingerprint density at radius 1 is 1.00 bits per heavy atom. The standard InChI is InChI=1S/C25H25N3O3S2/c1-4-28(19-9-6-5-7-10-19)33(30,31)20-15-13-18(14-16-20)24(29)27-25-26-23-21(17(2)3)11-8-12-22(23)32-25/h5-17H,4H2,1-3H3,(H,26,27,29). The van der Waals surface area contributed by atoms with Crippen LogP contribution in [0, 0.1) is 0 Å². The van der Waals surface area contributed by atoms with E-state index in [1.807, 2.05) is 24.3 Å². The number of carbonyl (C=O) groups is 1. The molecule has 170 valence electrons. The first-order valence-electron chi connectivity index (χ1n) is 10.7. The maximum atomic E-state index is 13.1. The van der Waals surface area contributed by atoms with Gasteiger partial charge in [0.2, 0.25) is 0 Å². The normalized spacial score (nSPS) is 11.6. The average molecular weight is 480 g/mol. The van der Waals surface area contributed by atoms with Crippen molar-refractivity contribution in [1.29, 1.82) is 0 Å². The lowest BCUT2D eigenvalue weighted by molar-refractivity contribution is 0.102. The van der Waals surface area contributed by atoms with Gasteiger partial charge in [-0.2, -0.15) is 0 Å². The van der Waals surface area contributed by atoms with Crippen LogP contribution < -0.4 is 9.62 Å². The van der Waals surface area contributed by atoms with E-state index in [2.05, 4.69) is 24.1 Å². The van der Waals surface area contributed by atoms with Gasteiger partial charge in [-0.25, -0.2) is 13.4 Å². The van der Waals surface area contributed by atoms with E-state index in [9.17, 15) is 13.2 Å². The summed E-state index contributed by atoms with van der Waals surface area (Å²) in [6.07, 6.45) is 0. The zero-order chi connectivity index (χ0) is 23.6. The first kappa shape index (κ1) is 22.9. The predicted octanol–water partition coefficient (Wildman–Crippen LogP) is 5.89. The Hall–Kier alpha value is -3.23. The Labute approximate surface area is 198 Å². The van der Waals surface area contributed by atoms with Crippen molar-refractivity contribution in [2.24, 2.45) is 0 Å². The summed E-state index contributed by atoms with van der Waals surface area (Å²) in [4.78, 5) is 17.5. The lowest BCUT2D eigenvalue weighted by Crippen LogP contribution is -2.30. The van der Waals surface area contributed by atoms with Crippen LogP contribution >= 0.6 is 11.3 Å². The van der Waals surface area contributed by atoms with E-state index >= 15 is 0 Å². The maximum absolute atomic E-state index is 13.1. The van der Waals surface area contributed by atoms with Gasteiger partial charge in [-0.15, -0.1) is 0 Å². The van der Waals surface area contributed by atoms with Crippen LogP contribution in [-0.2, 0) is 10.0 Å². The molecule has 1 aromatic heterocycles. The molecule has 8 heteroatoms. The number of anilines is 2. The van der Waals surface area contributed by atoms with Gasteiger partial charge in [0.1, 0.15) is 0 Å². The molecule has 1 heterocycles. The van der Waals surface area contributed by atoms with Crippen LogP contribution in [0.15, 0.2) is 77.7 Å². The lowest BCUT2D eigenvalue weighted by atomic mass is 10.0. The van der Waals surface area contributed by atoms with Crippen LogP contribution in [0.4, 0.5) is 10.8 Å². The van der Waals surface area contributed by atoms with Gasteiger partial charge >= 0.3 is 0 Å². The number of sulfonamides is 1. The van der Waals surface area contributed by atoms with Crippen LogP contribution in [0.5, 0.6) is 0 Å². The molecule has 4 aromatic rings. The van der Waals surface area contributed by atoms with Crippen molar-refractivity contribution in [3.05, 3.63) is 83.9 Å². The van der Waals surface area contributed by atoms with Crippen molar-refractivity contribution >= 4 is 48.3 Å². The highest BCUT2D eigenvalue weighted by Gasteiger charge is 2.24. The molecule has 0 saturated carbocycles. The Morgan fingerprint density at radius 3 is 2.33 bits per heavy atom. The smallest absolute Gasteiger partial charge is 0.264 e. The quantitative estimate of drug-likeness (QED) is 0.359. The highest BCUT2D eigenvalue weighted by atomic mass is 32.2. The van der Waals surface area contributed by atoms with E-state index in [0.717, 1.165) is 15.8 Å². The SMILES string of the molecule is CCN(c1ccccc1)S(=O)(=O)c1ccc(C(=O)Nc2nc3c(C(C)C)cccc3s2)cc1. The third-order valence-corrected chi connectivity index (χ3v) is 8.18. The van der Waals surface area contributed by atoms with Crippen molar-refractivity contribution in [1.82, 2.24) is 4.98 Å². The second-order valence-electron chi connectivity index (χ2n) is 7.85. The van der Waals surface area contributed by atoms with Crippen LogP contribution in [0.3, 0.4) is 0 Å². The number of carbonyl (C=O) groups excluding carboxylic acids is 1. The monoisotopic (exact) mass is 479 g/mol. The minimum atomic E-state index is -3.74. The number of hydrogen-bond donors (Lipinski definition) is 1. The molecule has 6 nitrogen and oxygen atoms in total. The number of nitrogens with zero attached hydrogens (tertiary/aromatic N) is 2. The molecule has 0 aliphatic rings. The number of rotatable bonds is 7. The largest absolute Gasteiger partial charge is 0.298 e. The molecule has 0 fully saturated rings. The summed E-state index contributed by atoms with van der Waals surface area (Å²) in [6.45, 7) is 6.30. The number of aromatic nitrogens is 1. The molecule has 0 atom stereocenters. The topological polar surface area (TPSA) is 79.4 Å². The molecule has 4 rings (SSSR count). The van der Waals surface area contributed by atoms with Gasteiger partial charge in [0, 0.05) is 12.1 Å². The highest BCUT2D eigenvalue weighted by Crippen LogP contribution is 2.32. The van der Waals surface area contributed by atoms with Gasteiger partial charge in [-0.05, 0) is 60.9 Å². The molecule has 33 heavy (non-hydrogen) atoms. The summed E-state index contributed by atoms with van der Waals surface area (Å²) in [6, 6.07) is 20.9. The van der Waals surface area contributed by atoms with Gasteiger partial charge in [0.15, 0.2) is 5.13 Å². The van der Waals surface area contributed by atoms with E-state index < -0.39 is 10.0 Å². The molecular formula is C25H25N3O3S2. The molecule has 0 radical (unpaired) electrons. The summed E-state index contributed by atoms with van der Waals surface area (Å²) in [7, 11) is -3.74. The van der Waals surface area contributed by atoms with Gasteiger partial charge in [-0.1, -0.05) is 55.5 Å². The van der Waals surface area contributed by atoms with Crippen LogP contribution in [-0.4, -0.2) is 25.9 Å². The lowest BCUT2D eigenvalue weighted by Gasteiger charge is -2.22. The number of thiazole rings is 1. The van der Waals surface area contributed by atoms with Crippen LogP contribution in [0.25, 0.3) is 10.2 Å². The average Bonchev–Trinajstić information content (AvgIpc) is 3.22. The van der Waals surface area contributed by atoms with E-state index in [1.54, 1.807) is 31.2 Å². The molecule has 0 spiro atoms. The van der Waals surface area contributed by atoms with E-state index in [1.165, 1.54) is 39.9 Å². The molecule has 0 bridgehead atoms. The minimum absolute atomic E-state index is 0.131. The van der Waals surface area contributed by atoms with Gasteiger partial charge < -0.3 is 0 Å². The summed E-state index contributed by atoms with van der Waals surface area (Å²) in [5.41, 5.74) is 2.99. The third-order valence-electron chi connectivity index (χ3n) is 5.33. The maximum Gasteiger partial charge on any atom is 0.264 e. The van der Waals surface area contributed by atoms with Crippen molar-refractivity contribution in [2.75, 3.05) is 16.2 Å². The van der Waals surface area contributed by atoms with Gasteiger partial charge in [-0.3, -0.25) is 14.4 Å². The highest BCUT2D eigenvalue weighted by molar-refractivity contribution is 7.92. The van der Waals surface area contributed by atoms with Gasteiger partial charge in [0.25, 0.3) is 15.9 Å². The van der Waals surface area contributed by atoms with E-state index in [4.69, 9.17) is 0 Å². The number of amides is 1. The number of para-hydroxylation sites is 2. The zero-order valence-corrected chi connectivity index (χ0v) is 20.3. The van der Waals surface area contributed by atoms with Crippen molar-refractivity contribution in [3.63, 3.8) is 0 Å². The summed E-state index contributed by atoms with van der Waals surface area (Å²) in [5.74, 6) is -0.00748. The fraction of sp³-hybridized carbons (Fsp3) is 0.200. The van der Waals surface area contributed by atoms with Crippen LogP contribution in [0.2, 0.25) is 0 Å². The van der Waals surface area contributed by atoms with Crippen molar-refractivity contribution in [3.8, 4) is 0 Å². The first-order valence-corrected chi connectivity index (χ1v) is 13.0. The molecule has 1 N–H and O–H groups in total. The molecular weight excluding hydrogens is 454 g/mol. The molecule has 1 amide bonds. The Balaban J connectivity index is 1.55. The summed E-state index contributed by atoms with van der Waals surface area (Å²) >= 11 is 1.42. The third kappa shape index (κ3) is 4.62. The Kier molecular flexibility index (Phi) is 6.49. The molecule has 0 aliphatic carbocycles. The minimum Gasteiger partial charge on any atom is -0.298 e. The summed E-state index contributed by atoms with van der Waals surface area (Å²) in [5, 5.41) is 3.36. The second-order valence-corrected chi connectivity index (χ2v) is 10.7. The fourth-order valence-electron chi connectivity index (χ4n) is 3.65. The van der Waals surface area contributed by atoms with Crippen molar-refractivity contribution < 1.29 is 13.2 Å². The van der Waals surface area contributed by atoms with Crippen LogP contribution in [0.1, 0.15) is 42.6 Å². The second kappa shape index (κ2) is 9.33. The molecule has 0 unspecified atom stereocenters. The van der Waals surface area contributed by atoms with Gasteiger partial charge in [0.05, 0.1) is 20.8 Å². The Bertz CT molecular complexity index is 1380. The molecule has 3 aromatic carbocycles. The molecule has 0 aliphatic heterocycles. The Morgan fingerprint density at radius 2 is 1.70 bits per heavy atom. The fourth-order valence-corrected chi connectivity index (χ4v) is 6.02. The van der Waals surface area contributed by atoms with E-state index in [-0.39, 0.29) is 10.8 Å². The first-order chi connectivity index (χ1) is 15.8. The number of hydrogen-bond acceptors (Lipinski definition) is 5. The molecule has 0 saturated heterocycles. The predicted molar refractivity (Wildman–Crippen MR) is 135 cm³/mol. The number of benzene rings is 3. The number of fused-ring (bicyclic) bond motifs is 1. The summed E-state index contributed by atoms with van der Waals surface area (Å²) < 4.78 is 28.6. The van der Waals surface area contributed by atoms with Crippen molar-refractivity contribution in [2.45, 2.75) is 31.6 Å². The van der Waals surface area contributed by atoms with E-state index in [0.29, 0.717) is 28.8 Å². The number of nitrogens with one attached hydrogen (secondary N) is 1.